The van der Waals surface area contributed by atoms with Gasteiger partial charge in [-0.15, -0.1) is 0 Å². The van der Waals surface area contributed by atoms with Crippen LogP contribution >= 0.6 is 0 Å². The van der Waals surface area contributed by atoms with Crippen LogP contribution in [-0.2, 0) is 44.6 Å². The molecule has 3 N–H and O–H groups in total. The summed E-state index contributed by atoms with van der Waals surface area (Å²) in [6.45, 7) is 6.01. The van der Waals surface area contributed by atoms with Crippen molar-refractivity contribution in [2.75, 3.05) is 54.6 Å². The fraction of sp³-hybridized carbons (Fsp3) is 0.694. The number of carbonyl (C=O) groups excluding carboxylic acids is 5. The number of hydrogen-bond acceptors (Lipinski definition) is 9. The third-order valence-electron chi connectivity index (χ3n) is 10.3. The van der Waals surface area contributed by atoms with Gasteiger partial charge in [0.05, 0.1) is 50.3 Å². The molecule has 2 aliphatic heterocycles. The molecule has 2 heterocycles. The predicted octanol–water partition coefficient (Wildman–Crippen LogP) is 1.63. The maximum absolute atomic E-state index is 14.9. The number of ether oxygens (including phenoxy) is 3. The molecule has 0 aromatic heterocycles. The first-order valence-corrected chi connectivity index (χ1v) is 17.5. The van der Waals surface area contributed by atoms with Crippen molar-refractivity contribution in [2.45, 2.75) is 95.3 Å². The Balaban J connectivity index is 1.70. The molecule has 0 bridgehead atoms. The quantitative estimate of drug-likeness (QED) is 0.193. The number of methoxy groups -OCH3 is 3. The summed E-state index contributed by atoms with van der Waals surface area (Å²) in [5.74, 6) is -3.21. The summed E-state index contributed by atoms with van der Waals surface area (Å²) in [5, 5.41) is 8.10. The second-order valence-electron chi connectivity index (χ2n) is 13.5. The van der Waals surface area contributed by atoms with Gasteiger partial charge in [-0.2, -0.15) is 0 Å². The second kappa shape index (κ2) is 19.1. The highest BCUT2D eigenvalue weighted by atomic mass is 19.1. The van der Waals surface area contributed by atoms with E-state index in [0.29, 0.717) is 32.4 Å². The molecular formula is C36H56FN5O8. The molecule has 3 rings (SSSR count). The third kappa shape index (κ3) is 10.2. The smallest absolute Gasteiger partial charge is 0.328 e. The molecule has 14 heteroatoms. The van der Waals surface area contributed by atoms with E-state index in [1.165, 1.54) is 26.2 Å². The highest BCUT2D eigenvalue weighted by molar-refractivity contribution is 5.90. The van der Waals surface area contributed by atoms with Crippen molar-refractivity contribution in [3.8, 4) is 0 Å². The SMILES string of the molecule is CC[C@H](C)[C@@H]([C@@H](CC(=O)N1CCCC1[C@H](OC)[C@@H](C)C(=O)N[C@@H](Cc1ccccc1)C(=O)OC)OC)N(C)C(=O)CNC(=O)[C@@]1(F)CCNC1. The van der Waals surface area contributed by atoms with Crippen molar-refractivity contribution >= 4 is 29.6 Å². The monoisotopic (exact) mass is 705 g/mol. The zero-order chi connectivity index (χ0) is 37.0. The molecule has 2 aliphatic rings. The van der Waals surface area contributed by atoms with Crippen LogP contribution in [0.25, 0.3) is 0 Å². The van der Waals surface area contributed by atoms with Crippen LogP contribution in [0.15, 0.2) is 30.3 Å². The molecule has 0 spiro atoms. The molecule has 8 atom stereocenters. The summed E-state index contributed by atoms with van der Waals surface area (Å²) in [6.07, 6.45) is 0.916. The number of hydrogen-bond donors (Lipinski definition) is 3. The standard InChI is InChI=1S/C36H56FN5O8/c1-8-23(2)31(41(4)30(44)21-39-35(47)36(37)16-17-38-22-36)28(48-5)20-29(43)42-18-12-15-27(42)32(49-6)24(3)33(45)40-26(34(46)50-7)19-25-13-10-9-11-14-25/h9-11,13-14,23-24,26-28,31-32,38H,8,12,15-22H2,1-7H3,(H,39,47)(H,40,45)/t23-,24+,26-,27?,28+,31-,32+,36+/m0/s1. The summed E-state index contributed by atoms with van der Waals surface area (Å²) in [7, 11) is 5.87. The highest BCUT2D eigenvalue weighted by Gasteiger charge is 2.44. The van der Waals surface area contributed by atoms with Crippen LogP contribution in [0.2, 0.25) is 0 Å². The van der Waals surface area contributed by atoms with Crippen LogP contribution < -0.4 is 16.0 Å². The first-order valence-electron chi connectivity index (χ1n) is 17.5. The van der Waals surface area contributed by atoms with E-state index < -0.39 is 65.6 Å². The number of likely N-dealkylation sites (N-methyl/N-ethyl adjacent to an activating group) is 1. The van der Waals surface area contributed by atoms with Gasteiger partial charge in [-0.25, -0.2) is 9.18 Å². The van der Waals surface area contributed by atoms with E-state index in [9.17, 15) is 28.4 Å². The van der Waals surface area contributed by atoms with Gasteiger partial charge in [-0.1, -0.05) is 57.5 Å². The molecule has 13 nitrogen and oxygen atoms in total. The van der Waals surface area contributed by atoms with Crippen molar-refractivity contribution < 1.29 is 42.6 Å². The van der Waals surface area contributed by atoms with Crippen molar-refractivity contribution in [1.82, 2.24) is 25.8 Å². The van der Waals surface area contributed by atoms with Crippen LogP contribution in [0, 0.1) is 11.8 Å². The number of nitrogens with zero attached hydrogens (tertiary/aromatic N) is 2. The number of nitrogens with one attached hydrogen (secondary N) is 3. The maximum Gasteiger partial charge on any atom is 0.328 e. The Hall–Kier alpha value is -3.62. The Morgan fingerprint density at radius 2 is 1.80 bits per heavy atom. The minimum absolute atomic E-state index is 0.0379. The summed E-state index contributed by atoms with van der Waals surface area (Å²) >= 11 is 0. The lowest BCUT2D eigenvalue weighted by molar-refractivity contribution is -0.148. The van der Waals surface area contributed by atoms with Crippen LogP contribution in [0.4, 0.5) is 4.39 Å². The average Bonchev–Trinajstić information content (AvgIpc) is 3.80. The van der Waals surface area contributed by atoms with Gasteiger partial charge in [0.1, 0.15) is 6.04 Å². The van der Waals surface area contributed by atoms with Gasteiger partial charge in [-0.3, -0.25) is 19.2 Å². The molecule has 0 aliphatic carbocycles. The number of amides is 4. The van der Waals surface area contributed by atoms with Gasteiger partial charge in [0.15, 0.2) is 0 Å². The van der Waals surface area contributed by atoms with Crippen LogP contribution in [0.3, 0.4) is 0 Å². The first kappa shape index (κ1) is 40.8. The molecule has 50 heavy (non-hydrogen) atoms. The summed E-state index contributed by atoms with van der Waals surface area (Å²) in [6, 6.07) is 7.48. The fourth-order valence-corrected chi connectivity index (χ4v) is 7.11. The normalized spacial score (nSPS) is 22.5. The van der Waals surface area contributed by atoms with Gasteiger partial charge in [-0.05, 0) is 30.9 Å². The summed E-state index contributed by atoms with van der Waals surface area (Å²) < 4.78 is 31.5. The van der Waals surface area contributed by atoms with E-state index in [-0.39, 0.29) is 44.2 Å². The Morgan fingerprint density at radius 1 is 1.10 bits per heavy atom. The maximum atomic E-state index is 14.9. The number of rotatable bonds is 18. The largest absolute Gasteiger partial charge is 0.467 e. The van der Waals surface area contributed by atoms with Crippen molar-refractivity contribution in [3.05, 3.63) is 35.9 Å². The molecule has 4 amide bonds. The summed E-state index contributed by atoms with van der Waals surface area (Å²) in [4.78, 5) is 69.1. The van der Waals surface area contributed by atoms with Crippen LogP contribution in [0.5, 0.6) is 0 Å². The lowest BCUT2D eigenvalue weighted by Gasteiger charge is -2.39. The van der Waals surface area contributed by atoms with Gasteiger partial charge < -0.3 is 40.0 Å². The molecule has 2 fully saturated rings. The van der Waals surface area contributed by atoms with Gasteiger partial charge in [0, 0.05) is 47.2 Å². The molecular weight excluding hydrogens is 649 g/mol. The van der Waals surface area contributed by atoms with Crippen LogP contribution in [0.1, 0.15) is 58.4 Å². The van der Waals surface area contributed by atoms with Crippen LogP contribution in [-0.4, -0.2) is 130 Å². The lowest BCUT2D eigenvalue weighted by Crippen LogP contribution is -2.55. The number of benzene rings is 1. The molecule has 280 valence electrons. The minimum Gasteiger partial charge on any atom is -0.467 e. The minimum atomic E-state index is -2.05. The lowest BCUT2D eigenvalue weighted by atomic mass is 9.90. The van der Waals surface area contributed by atoms with E-state index in [4.69, 9.17) is 14.2 Å². The van der Waals surface area contributed by atoms with Crippen molar-refractivity contribution in [1.29, 1.82) is 0 Å². The van der Waals surface area contributed by atoms with Crippen molar-refractivity contribution in [3.63, 3.8) is 0 Å². The zero-order valence-corrected chi connectivity index (χ0v) is 30.5. The Morgan fingerprint density at radius 3 is 2.38 bits per heavy atom. The fourth-order valence-electron chi connectivity index (χ4n) is 7.11. The molecule has 1 unspecified atom stereocenters. The Kier molecular flexibility index (Phi) is 15.6. The summed E-state index contributed by atoms with van der Waals surface area (Å²) in [5.41, 5.74) is -1.19. The van der Waals surface area contributed by atoms with E-state index in [2.05, 4.69) is 16.0 Å². The second-order valence-corrected chi connectivity index (χ2v) is 13.5. The van der Waals surface area contributed by atoms with E-state index >= 15 is 0 Å². The molecule has 2 saturated heterocycles. The number of carbonyl (C=O) groups is 5. The highest BCUT2D eigenvalue weighted by Crippen LogP contribution is 2.29. The molecule has 1 aromatic rings. The number of alkyl halides is 1. The van der Waals surface area contributed by atoms with Gasteiger partial charge in [0.2, 0.25) is 23.4 Å². The Bertz CT molecular complexity index is 1300. The topological polar surface area (TPSA) is 156 Å². The number of likely N-dealkylation sites (tertiary alicyclic amines) is 1. The van der Waals surface area contributed by atoms with Gasteiger partial charge in [0.25, 0.3) is 5.91 Å². The van der Waals surface area contributed by atoms with E-state index in [1.807, 2.05) is 44.2 Å². The number of esters is 1. The first-order chi connectivity index (χ1) is 23.8. The Labute approximate surface area is 295 Å². The molecule has 1 aromatic carbocycles. The molecule has 0 radical (unpaired) electrons. The van der Waals surface area contributed by atoms with E-state index in [1.54, 1.807) is 18.9 Å². The third-order valence-corrected chi connectivity index (χ3v) is 10.3. The van der Waals surface area contributed by atoms with Gasteiger partial charge >= 0.3 is 5.97 Å². The predicted molar refractivity (Wildman–Crippen MR) is 185 cm³/mol. The number of halogens is 1. The zero-order valence-electron chi connectivity index (χ0n) is 30.5. The average molecular weight is 706 g/mol. The molecule has 0 saturated carbocycles. The van der Waals surface area contributed by atoms with Crippen molar-refractivity contribution in [2.24, 2.45) is 11.8 Å². The van der Waals surface area contributed by atoms with E-state index in [0.717, 1.165) is 5.56 Å².